The summed E-state index contributed by atoms with van der Waals surface area (Å²) >= 11 is 0. The number of hydrogen-bond donors (Lipinski definition) is 0. The van der Waals surface area contributed by atoms with Gasteiger partial charge in [0.05, 0.1) is 16.7 Å². The lowest BCUT2D eigenvalue weighted by molar-refractivity contribution is 0.374. The summed E-state index contributed by atoms with van der Waals surface area (Å²) in [5, 5.41) is 0. The van der Waals surface area contributed by atoms with Gasteiger partial charge in [-0.25, -0.2) is 8.61 Å². The van der Waals surface area contributed by atoms with Crippen molar-refractivity contribution in [3.05, 3.63) is 23.3 Å². The molecule has 1 aliphatic heterocycles. The van der Waals surface area contributed by atoms with Gasteiger partial charge in [0.2, 0.25) is 0 Å². The summed E-state index contributed by atoms with van der Waals surface area (Å²) in [6.45, 7) is 19.8. The molecule has 0 N–H and O–H groups in total. The molecule has 1 heterocycles. The minimum atomic E-state index is -1.08. The van der Waals surface area contributed by atoms with E-state index < -0.39 is 14.6 Å². The zero-order chi connectivity index (χ0) is 17.1. The van der Waals surface area contributed by atoms with Crippen LogP contribution in [0.5, 0.6) is 0 Å². The Kier molecular flexibility index (Phi) is 4.15. The van der Waals surface area contributed by atoms with Crippen LogP contribution in [0.25, 0.3) is 0 Å². The van der Waals surface area contributed by atoms with Crippen LogP contribution in [0.15, 0.2) is 27.7 Å². The maximum Gasteiger partial charge on any atom is 0.124 e. The normalized spacial score (nSPS) is 29.7. The quantitative estimate of drug-likeness (QED) is 0.431. The third-order valence-electron chi connectivity index (χ3n) is 4.51. The van der Waals surface area contributed by atoms with Crippen molar-refractivity contribution in [3.8, 4) is 0 Å². The van der Waals surface area contributed by atoms with Gasteiger partial charge < -0.3 is 0 Å². The van der Waals surface area contributed by atoms with Crippen molar-refractivity contribution in [1.82, 2.24) is 0 Å². The van der Waals surface area contributed by atoms with Crippen molar-refractivity contribution >= 4 is 26.5 Å². The van der Waals surface area contributed by atoms with Gasteiger partial charge in [-0.2, -0.15) is 0 Å². The molecule has 0 fully saturated rings. The van der Waals surface area contributed by atoms with Crippen LogP contribution in [0, 0.1) is 16.2 Å². The number of fused-ring (bicyclic) bond motifs is 1. The minimum Gasteiger partial charge on any atom is -0.245 e. The van der Waals surface area contributed by atoms with E-state index in [2.05, 4.69) is 78.9 Å². The van der Waals surface area contributed by atoms with Gasteiger partial charge in [0.25, 0.3) is 0 Å². The number of hydrogen-bond acceptors (Lipinski definition) is 3. The molecule has 0 amide bonds. The molecule has 0 aromatic rings. The van der Waals surface area contributed by atoms with E-state index in [9.17, 15) is 4.21 Å². The van der Waals surface area contributed by atoms with Crippen molar-refractivity contribution in [1.29, 1.82) is 0 Å². The maximum atomic E-state index is 13.0. The largest absolute Gasteiger partial charge is 0.245 e. The molecule has 2 atom stereocenters. The van der Waals surface area contributed by atoms with Crippen molar-refractivity contribution in [2.24, 2.45) is 20.6 Å². The van der Waals surface area contributed by atoms with Crippen LogP contribution in [0.2, 0.25) is 0 Å². The molecule has 0 spiro atoms. The summed E-state index contributed by atoms with van der Waals surface area (Å²) in [6, 6.07) is 0. The Balaban J connectivity index is 2.81. The first-order valence-electron chi connectivity index (χ1n) is 7.85. The third-order valence-corrected chi connectivity index (χ3v) is 7.77. The van der Waals surface area contributed by atoms with Crippen LogP contribution in [0.3, 0.4) is 0 Å². The Bertz CT molecular complexity index is 606. The van der Waals surface area contributed by atoms with Gasteiger partial charge in [-0.05, 0) is 27.4 Å². The highest BCUT2D eigenvalue weighted by molar-refractivity contribution is 8.70. The number of rotatable bonds is 0. The molecule has 0 saturated carbocycles. The van der Waals surface area contributed by atoms with E-state index in [-0.39, 0.29) is 16.2 Å². The standard InChI is InChI=1S/C18H29NOS2/c1-15(2,3)12-10-13(16(4,5)6)14-18(11-12,17(7,8)9)22(20)21-19-14/h10-11H,1-9H3. The molecule has 2 nitrogen and oxygen atoms in total. The Hall–Kier alpha value is -0.350. The third kappa shape index (κ3) is 2.66. The van der Waals surface area contributed by atoms with Crippen LogP contribution >= 0.6 is 11.0 Å². The molecule has 4 heteroatoms. The molecule has 124 valence electrons. The van der Waals surface area contributed by atoms with Crippen molar-refractivity contribution in [2.45, 2.75) is 67.1 Å². The monoisotopic (exact) mass is 339 g/mol. The van der Waals surface area contributed by atoms with Crippen molar-refractivity contribution in [2.75, 3.05) is 0 Å². The van der Waals surface area contributed by atoms with E-state index in [4.69, 9.17) is 0 Å². The van der Waals surface area contributed by atoms with Crippen LogP contribution in [-0.2, 0) is 9.83 Å². The van der Waals surface area contributed by atoms with Gasteiger partial charge in [-0.1, -0.05) is 74.5 Å². The molecule has 0 aromatic carbocycles. The lowest BCUT2D eigenvalue weighted by Crippen LogP contribution is -2.52. The van der Waals surface area contributed by atoms with Crippen molar-refractivity contribution < 1.29 is 4.21 Å². The summed E-state index contributed by atoms with van der Waals surface area (Å²) in [5.74, 6) is 0. The SMILES string of the molecule is CC(C)(C)C1=CC2(C(C)(C)C)C(=NSS2=O)C(C(C)(C)C)=C1. The van der Waals surface area contributed by atoms with E-state index in [1.165, 1.54) is 22.1 Å². The Morgan fingerprint density at radius 3 is 1.95 bits per heavy atom. The van der Waals surface area contributed by atoms with Gasteiger partial charge in [0, 0.05) is 0 Å². The average Bonchev–Trinajstić information content (AvgIpc) is 2.64. The zero-order valence-corrected chi connectivity index (χ0v) is 17.0. The fraction of sp³-hybridized carbons (Fsp3) is 0.722. The van der Waals surface area contributed by atoms with Gasteiger partial charge in [0.1, 0.15) is 14.6 Å². The van der Waals surface area contributed by atoms with Gasteiger partial charge in [-0.15, -0.1) is 0 Å². The first kappa shape index (κ1) is 18.0. The fourth-order valence-corrected chi connectivity index (χ4v) is 6.46. The van der Waals surface area contributed by atoms with Crippen LogP contribution in [-0.4, -0.2) is 14.7 Å². The zero-order valence-electron chi connectivity index (χ0n) is 15.3. The van der Waals surface area contributed by atoms with Crippen LogP contribution in [0.4, 0.5) is 0 Å². The lowest BCUT2D eigenvalue weighted by Gasteiger charge is -2.45. The molecule has 1 aliphatic carbocycles. The van der Waals surface area contributed by atoms with Crippen LogP contribution < -0.4 is 0 Å². The number of allylic oxidation sites excluding steroid dienone is 3. The minimum absolute atomic E-state index is 0.0187. The predicted molar refractivity (Wildman–Crippen MR) is 100 cm³/mol. The Morgan fingerprint density at radius 1 is 1.00 bits per heavy atom. The van der Waals surface area contributed by atoms with Gasteiger partial charge >= 0.3 is 0 Å². The molecule has 2 aliphatic rings. The second-order valence-corrected chi connectivity index (χ2v) is 12.2. The highest BCUT2D eigenvalue weighted by atomic mass is 33.1. The topological polar surface area (TPSA) is 29.4 Å². The smallest absolute Gasteiger partial charge is 0.124 e. The summed E-state index contributed by atoms with van der Waals surface area (Å²) in [6.07, 6.45) is 4.53. The molecule has 0 radical (unpaired) electrons. The highest BCUT2D eigenvalue weighted by Crippen LogP contribution is 2.54. The van der Waals surface area contributed by atoms with E-state index >= 15 is 0 Å². The second kappa shape index (κ2) is 5.07. The first-order chi connectivity index (χ1) is 9.71. The molecule has 0 aromatic heterocycles. The van der Waals surface area contributed by atoms with E-state index in [1.807, 2.05) is 0 Å². The summed E-state index contributed by atoms with van der Waals surface area (Å²) in [4.78, 5) is 0. The predicted octanol–water partition coefficient (Wildman–Crippen LogP) is 5.50. The second-order valence-electron chi connectivity index (χ2n) is 9.39. The molecule has 22 heavy (non-hydrogen) atoms. The molecule has 0 bridgehead atoms. The first-order valence-corrected chi connectivity index (χ1v) is 10.3. The summed E-state index contributed by atoms with van der Waals surface area (Å²) < 4.78 is 17.2. The van der Waals surface area contributed by atoms with E-state index in [0.717, 1.165) is 5.71 Å². The van der Waals surface area contributed by atoms with E-state index in [0.29, 0.717) is 0 Å². The van der Waals surface area contributed by atoms with Crippen LogP contribution in [0.1, 0.15) is 62.3 Å². The molecular weight excluding hydrogens is 310 g/mol. The molecule has 2 rings (SSSR count). The lowest BCUT2D eigenvalue weighted by atomic mass is 9.65. The molecular formula is C18H29NOS2. The average molecular weight is 340 g/mol. The molecule has 2 unspecified atom stereocenters. The Labute approximate surface area is 141 Å². The number of nitrogens with zero attached hydrogens (tertiary/aromatic N) is 1. The fourth-order valence-electron chi connectivity index (χ4n) is 2.95. The highest BCUT2D eigenvalue weighted by Gasteiger charge is 2.57. The van der Waals surface area contributed by atoms with Gasteiger partial charge in [-0.3, -0.25) is 0 Å². The Morgan fingerprint density at radius 2 is 1.55 bits per heavy atom. The molecule has 0 saturated heterocycles. The van der Waals surface area contributed by atoms with Gasteiger partial charge in [0.15, 0.2) is 0 Å². The maximum absolute atomic E-state index is 13.0. The van der Waals surface area contributed by atoms with E-state index in [1.54, 1.807) is 0 Å². The van der Waals surface area contributed by atoms with Crippen molar-refractivity contribution in [3.63, 3.8) is 0 Å². The summed E-state index contributed by atoms with van der Waals surface area (Å²) in [7, 11) is 0.153. The summed E-state index contributed by atoms with van der Waals surface area (Å²) in [5.41, 5.74) is 3.37.